The van der Waals surface area contributed by atoms with Gasteiger partial charge in [-0.25, -0.2) is 0 Å². The molecule has 3 saturated carbocycles. The number of fused-ring (bicyclic) bond motifs is 5. The summed E-state index contributed by atoms with van der Waals surface area (Å²) in [7, 11) is 0. The third-order valence-electron chi connectivity index (χ3n) is 9.85. The molecule has 8 unspecified atom stereocenters. The van der Waals surface area contributed by atoms with E-state index in [1.54, 1.807) is 5.57 Å². The molecule has 164 valence electrons. The summed E-state index contributed by atoms with van der Waals surface area (Å²) in [5.41, 5.74) is 4.53. The van der Waals surface area contributed by atoms with Crippen molar-refractivity contribution in [3.05, 3.63) is 47.0 Å². The number of rotatable bonds is 5. The number of aliphatic hydroxyl groups is 1. The standard InChI is InChI=1S/C29H42O/c1-3-21(9-8-20-6-4-19(2)5-7-20)24-14-15-29-26(24)16-17-27-25-13-11-23(30)18-22(25)10-12-28(27)29/h4-7,10,21,23-30H,3,8-9,11-18H2,1-2H3. The fourth-order valence-electron chi connectivity index (χ4n) is 8.36. The van der Waals surface area contributed by atoms with Crippen molar-refractivity contribution >= 4 is 0 Å². The van der Waals surface area contributed by atoms with Crippen LogP contribution in [0.25, 0.3) is 0 Å². The van der Waals surface area contributed by atoms with Gasteiger partial charge in [0.2, 0.25) is 0 Å². The van der Waals surface area contributed by atoms with Gasteiger partial charge in [0.25, 0.3) is 0 Å². The van der Waals surface area contributed by atoms with Crippen LogP contribution in [0.15, 0.2) is 35.9 Å². The monoisotopic (exact) mass is 406 g/mol. The molecule has 0 aromatic heterocycles. The molecule has 0 amide bonds. The van der Waals surface area contributed by atoms with E-state index >= 15 is 0 Å². The Morgan fingerprint density at radius 3 is 2.47 bits per heavy atom. The van der Waals surface area contributed by atoms with Gasteiger partial charge in [0.15, 0.2) is 0 Å². The lowest BCUT2D eigenvalue weighted by Crippen LogP contribution is -2.42. The number of aryl methyl sites for hydroxylation is 2. The highest BCUT2D eigenvalue weighted by Crippen LogP contribution is 2.59. The van der Waals surface area contributed by atoms with Crippen LogP contribution in [0, 0.1) is 48.3 Å². The molecule has 5 rings (SSSR count). The Morgan fingerprint density at radius 2 is 1.67 bits per heavy atom. The van der Waals surface area contributed by atoms with Crippen molar-refractivity contribution in [3.8, 4) is 0 Å². The Bertz CT molecular complexity index is 746. The summed E-state index contributed by atoms with van der Waals surface area (Å²) >= 11 is 0. The highest BCUT2D eigenvalue weighted by atomic mass is 16.3. The second kappa shape index (κ2) is 8.81. The minimum Gasteiger partial charge on any atom is -0.393 e. The number of hydrogen-bond acceptors (Lipinski definition) is 1. The van der Waals surface area contributed by atoms with E-state index in [2.05, 4.69) is 44.2 Å². The summed E-state index contributed by atoms with van der Waals surface area (Å²) in [5.74, 6) is 6.58. The summed E-state index contributed by atoms with van der Waals surface area (Å²) in [6.07, 6.45) is 17.0. The molecule has 30 heavy (non-hydrogen) atoms. The molecular weight excluding hydrogens is 364 g/mol. The second-order valence-corrected chi connectivity index (χ2v) is 11.2. The molecule has 4 aliphatic carbocycles. The van der Waals surface area contributed by atoms with Crippen LogP contribution in [0.4, 0.5) is 0 Å². The molecule has 0 bridgehead atoms. The zero-order chi connectivity index (χ0) is 20.7. The largest absolute Gasteiger partial charge is 0.393 e. The average molecular weight is 407 g/mol. The number of allylic oxidation sites excluding steroid dienone is 1. The molecule has 0 saturated heterocycles. The van der Waals surface area contributed by atoms with Crippen LogP contribution in [0.3, 0.4) is 0 Å². The van der Waals surface area contributed by atoms with Gasteiger partial charge in [-0.2, -0.15) is 0 Å². The van der Waals surface area contributed by atoms with Crippen molar-refractivity contribution in [3.63, 3.8) is 0 Å². The minimum atomic E-state index is -0.0601. The zero-order valence-corrected chi connectivity index (χ0v) is 19.2. The van der Waals surface area contributed by atoms with Crippen LogP contribution in [-0.4, -0.2) is 11.2 Å². The maximum Gasteiger partial charge on any atom is 0.0577 e. The van der Waals surface area contributed by atoms with E-state index in [0.717, 1.165) is 54.3 Å². The van der Waals surface area contributed by atoms with Crippen LogP contribution in [0.1, 0.15) is 82.3 Å². The molecule has 0 radical (unpaired) electrons. The molecular formula is C29H42O. The Hall–Kier alpha value is -1.08. The second-order valence-electron chi connectivity index (χ2n) is 11.2. The molecule has 1 heteroatoms. The van der Waals surface area contributed by atoms with Gasteiger partial charge >= 0.3 is 0 Å². The molecule has 0 aliphatic heterocycles. The molecule has 3 fully saturated rings. The third kappa shape index (κ3) is 3.92. The summed E-state index contributed by atoms with van der Waals surface area (Å²) < 4.78 is 0. The highest BCUT2D eigenvalue weighted by molar-refractivity contribution is 5.22. The van der Waals surface area contributed by atoms with Gasteiger partial charge in [0, 0.05) is 0 Å². The molecule has 0 spiro atoms. The van der Waals surface area contributed by atoms with Crippen LogP contribution >= 0.6 is 0 Å². The maximum atomic E-state index is 10.1. The summed E-state index contributed by atoms with van der Waals surface area (Å²) in [5, 5.41) is 10.1. The first-order valence-electron chi connectivity index (χ1n) is 13.1. The van der Waals surface area contributed by atoms with Gasteiger partial charge < -0.3 is 5.11 Å². The average Bonchev–Trinajstić information content (AvgIpc) is 3.19. The van der Waals surface area contributed by atoms with Crippen molar-refractivity contribution in [2.45, 2.75) is 90.6 Å². The van der Waals surface area contributed by atoms with Crippen LogP contribution in [-0.2, 0) is 6.42 Å². The first-order chi connectivity index (χ1) is 14.6. The highest BCUT2D eigenvalue weighted by Gasteiger charge is 2.50. The predicted molar refractivity (Wildman–Crippen MR) is 125 cm³/mol. The lowest BCUT2D eigenvalue weighted by Gasteiger charge is -2.50. The Kier molecular flexibility index (Phi) is 6.11. The van der Waals surface area contributed by atoms with Gasteiger partial charge in [0.1, 0.15) is 0 Å². The van der Waals surface area contributed by atoms with Crippen LogP contribution in [0.2, 0.25) is 0 Å². The van der Waals surface area contributed by atoms with Crippen molar-refractivity contribution in [2.24, 2.45) is 41.4 Å². The van der Waals surface area contributed by atoms with Crippen LogP contribution in [0.5, 0.6) is 0 Å². The minimum absolute atomic E-state index is 0.0601. The SMILES string of the molecule is CCC(CCc1ccc(C)cc1)C1CCC2C1CCC1C3CCC(O)CC3=CCC12. The van der Waals surface area contributed by atoms with Gasteiger partial charge in [-0.3, -0.25) is 0 Å². The molecule has 1 nitrogen and oxygen atoms in total. The van der Waals surface area contributed by atoms with Crippen molar-refractivity contribution in [1.82, 2.24) is 0 Å². The summed E-state index contributed by atoms with van der Waals surface area (Å²) in [6.45, 7) is 4.63. The quantitative estimate of drug-likeness (QED) is 0.516. The van der Waals surface area contributed by atoms with E-state index in [-0.39, 0.29) is 6.10 Å². The fourth-order valence-corrected chi connectivity index (χ4v) is 8.36. The van der Waals surface area contributed by atoms with Crippen molar-refractivity contribution < 1.29 is 5.11 Å². The Labute approximate surface area is 184 Å². The first-order valence-corrected chi connectivity index (χ1v) is 13.1. The summed E-state index contributed by atoms with van der Waals surface area (Å²) in [4.78, 5) is 0. The topological polar surface area (TPSA) is 20.2 Å². The van der Waals surface area contributed by atoms with Gasteiger partial charge in [0.05, 0.1) is 6.10 Å². The van der Waals surface area contributed by atoms with E-state index in [4.69, 9.17) is 0 Å². The molecule has 4 aliphatic rings. The molecule has 8 atom stereocenters. The Morgan fingerprint density at radius 1 is 0.900 bits per heavy atom. The summed E-state index contributed by atoms with van der Waals surface area (Å²) in [6, 6.07) is 9.24. The zero-order valence-electron chi connectivity index (χ0n) is 19.2. The maximum absolute atomic E-state index is 10.1. The Balaban J connectivity index is 1.25. The van der Waals surface area contributed by atoms with Gasteiger partial charge in [-0.15, -0.1) is 0 Å². The van der Waals surface area contributed by atoms with Crippen LogP contribution < -0.4 is 0 Å². The van der Waals surface area contributed by atoms with Gasteiger partial charge in [-0.1, -0.05) is 54.8 Å². The molecule has 1 aromatic carbocycles. The molecule has 0 heterocycles. The lowest BCUT2D eigenvalue weighted by atomic mass is 9.55. The molecule has 1 aromatic rings. The van der Waals surface area contributed by atoms with Crippen molar-refractivity contribution in [1.29, 1.82) is 0 Å². The normalized spacial score (nSPS) is 38.9. The number of aliphatic hydroxyl groups excluding tert-OH is 1. The lowest BCUT2D eigenvalue weighted by molar-refractivity contribution is 0.0268. The molecule has 1 N–H and O–H groups in total. The van der Waals surface area contributed by atoms with E-state index in [0.29, 0.717) is 0 Å². The number of benzene rings is 1. The van der Waals surface area contributed by atoms with Crippen molar-refractivity contribution in [2.75, 3.05) is 0 Å². The van der Waals surface area contributed by atoms with E-state index in [1.165, 1.54) is 68.9 Å². The van der Waals surface area contributed by atoms with E-state index < -0.39 is 0 Å². The fraction of sp³-hybridized carbons (Fsp3) is 0.724. The smallest absolute Gasteiger partial charge is 0.0577 e. The van der Waals surface area contributed by atoms with E-state index in [9.17, 15) is 5.11 Å². The first kappa shape index (κ1) is 20.8. The number of hydrogen-bond donors (Lipinski definition) is 1. The van der Waals surface area contributed by atoms with Gasteiger partial charge in [-0.05, 0) is 118 Å². The van der Waals surface area contributed by atoms with E-state index in [1.807, 2.05) is 0 Å². The third-order valence-corrected chi connectivity index (χ3v) is 9.85. The predicted octanol–water partition coefficient (Wildman–Crippen LogP) is 7.11.